The van der Waals surface area contributed by atoms with Gasteiger partial charge in [-0.15, -0.1) is 0 Å². The molecule has 1 fully saturated rings. The van der Waals surface area contributed by atoms with E-state index in [1.807, 2.05) is 12.1 Å². The second-order valence-electron chi connectivity index (χ2n) is 9.97. The maximum Gasteiger partial charge on any atom is 0.255 e. The number of ether oxygens (including phenoxy) is 4. The van der Waals surface area contributed by atoms with E-state index in [0.717, 1.165) is 38.5 Å². The van der Waals surface area contributed by atoms with Crippen molar-refractivity contribution in [3.63, 3.8) is 0 Å². The molecule has 1 N–H and O–H groups in total. The molecule has 0 radical (unpaired) electrons. The molecule has 0 atom stereocenters. The van der Waals surface area contributed by atoms with E-state index in [1.165, 1.54) is 36.6 Å². The third kappa shape index (κ3) is 6.99. The highest BCUT2D eigenvalue weighted by Gasteiger charge is 2.21. The zero-order valence-electron chi connectivity index (χ0n) is 24.3. The van der Waals surface area contributed by atoms with Gasteiger partial charge in [-0.05, 0) is 67.3 Å². The molecule has 8 nitrogen and oxygen atoms in total. The number of hydrogen-bond acceptors (Lipinski definition) is 7. The topological polar surface area (TPSA) is 72.5 Å². The number of amides is 1. The van der Waals surface area contributed by atoms with Crippen molar-refractivity contribution in [1.82, 2.24) is 10.2 Å². The first-order valence-electron chi connectivity index (χ1n) is 13.8. The molecule has 1 saturated heterocycles. The van der Waals surface area contributed by atoms with Crippen molar-refractivity contribution in [3.8, 4) is 23.0 Å². The number of rotatable bonds is 12. The van der Waals surface area contributed by atoms with Crippen LogP contribution in [0.5, 0.6) is 23.0 Å². The van der Waals surface area contributed by atoms with E-state index in [1.54, 1.807) is 19.2 Å². The summed E-state index contributed by atoms with van der Waals surface area (Å²) in [5, 5.41) is 2.93. The third-order valence-corrected chi connectivity index (χ3v) is 7.42. The predicted octanol–water partition coefficient (Wildman–Crippen LogP) is 4.85. The highest BCUT2D eigenvalue weighted by atomic mass is 16.5. The molecule has 214 valence electrons. The summed E-state index contributed by atoms with van der Waals surface area (Å²) in [5.41, 5.74) is 5.71. The van der Waals surface area contributed by atoms with Gasteiger partial charge in [-0.2, -0.15) is 0 Å². The first-order valence-corrected chi connectivity index (χ1v) is 13.8. The molecule has 1 amide bonds. The minimum absolute atomic E-state index is 0.238. The standard InChI is InChI=1S/C32H41N3O5/c1-23-9-6-12-28(24(23)2)35-18-16-34(17-19-35)22-25-10-7-11-26(21-25)40-20-8-15-33-32(36)27-13-14-29(37-3)31(39-5)30(27)38-4/h6-7,9-14,21H,8,15-20,22H2,1-5H3,(H,33,36). The largest absolute Gasteiger partial charge is 0.494 e. The molecular weight excluding hydrogens is 506 g/mol. The summed E-state index contributed by atoms with van der Waals surface area (Å²) in [6.45, 7) is 10.4. The van der Waals surface area contributed by atoms with E-state index < -0.39 is 0 Å². The van der Waals surface area contributed by atoms with E-state index in [0.29, 0.717) is 42.4 Å². The Morgan fingerprint density at radius 3 is 2.35 bits per heavy atom. The van der Waals surface area contributed by atoms with Gasteiger partial charge >= 0.3 is 0 Å². The normalized spacial score (nSPS) is 13.6. The van der Waals surface area contributed by atoms with Crippen molar-refractivity contribution in [2.45, 2.75) is 26.8 Å². The summed E-state index contributed by atoms with van der Waals surface area (Å²) in [6, 6.07) is 18.2. The van der Waals surface area contributed by atoms with Gasteiger partial charge in [0.1, 0.15) is 5.75 Å². The molecule has 40 heavy (non-hydrogen) atoms. The fraction of sp³-hybridized carbons (Fsp3) is 0.406. The van der Waals surface area contributed by atoms with Crippen LogP contribution in [-0.4, -0.2) is 71.5 Å². The molecule has 3 aromatic rings. The van der Waals surface area contributed by atoms with Crippen LogP contribution >= 0.6 is 0 Å². The number of benzene rings is 3. The van der Waals surface area contributed by atoms with E-state index in [4.69, 9.17) is 18.9 Å². The SMILES string of the molecule is COc1ccc(C(=O)NCCCOc2cccc(CN3CCN(c4cccc(C)c4C)CC3)c2)c(OC)c1OC. The van der Waals surface area contributed by atoms with Crippen LogP contribution in [-0.2, 0) is 6.54 Å². The number of hydrogen-bond donors (Lipinski definition) is 1. The molecule has 0 aromatic heterocycles. The summed E-state index contributed by atoms with van der Waals surface area (Å²) in [7, 11) is 4.56. The molecule has 1 heterocycles. The van der Waals surface area contributed by atoms with E-state index >= 15 is 0 Å². The summed E-state index contributed by atoms with van der Waals surface area (Å²) >= 11 is 0. The fourth-order valence-electron chi connectivity index (χ4n) is 5.06. The predicted molar refractivity (Wildman–Crippen MR) is 158 cm³/mol. The van der Waals surface area contributed by atoms with Crippen molar-refractivity contribution in [1.29, 1.82) is 0 Å². The average Bonchev–Trinajstić information content (AvgIpc) is 2.98. The molecular formula is C32H41N3O5. The number of piperazine rings is 1. The summed E-state index contributed by atoms with van der Waals surface area (Å²) in [4.78, 5) is 17.8. The molecule has 0 saturated carbocycles. The van der Waals surface area contributed by atoms with Gasteiger partial charge in [-0.25, -0.2) is 0 Å². The van der Waals surface area contributed by atoms with Gasteiger partial charge in [0.25, 0.3) is 5.91 Å². The van der Waals surface area contributed by atoms with Crippen LogP contribution in [0.3, 0.4) is 0 Å². The number of aryl methyl sites for hydroxylation is 1. The second-order valence-corrected chi connectivity index (χ2v) is 9.97. The lowest BCUT2D eigenvalue weighted by Gasteiger charge is -2.37. The zero-order valence-corrected chi connectivity index (χ0v) is 24.3. The molecule has 0 aliphatic carbocycles. The van der Waals surface area contributed by atoms with E-state index in [-0.39, 0.29) is 5.91 Å². The van der Waals surface area contributed by atoms with Gasteiger partial charge in [-0.3, -0.25) is 9.69 Å². The summed E-state index contributed by atoms with van der Waals surface area (Å²) in [6.07, 6.45) is 0.673. The second kappa shape index (κ2) is 13.9. The molecule has 0 spiro atoms. The quantitative estimate of drug-likeness (QED) is 0.325. The number of methoxy groups -OCH3 is 3. The maximum atomic E-state index is 12.8. The minimum atomic E-state index is -0.238. The van der Waals surface area contributed by atoms with Crippen molar-refractivity contribution in [3.05, 3.63) is 76.9 Å². The number of nitrogens with one attached hydrogen (secondary N) is 1. The van der Waals surface area contributed by atoms with Crippen molar-refractivity contribution >= 4 is 11.6 Å². The number of carbonyl (C=O) groups excluding carboxylic acids is 1. The Bertz CT molecular complexity index is 1290. The first kappa shape index (κ1) is 29.1. The lowest BCUT2D eigenvalue weighted by molar-refractivity contribution is 0.0947. The highest BCUT2D eigenvalue weighted by Crippen LogP contribution is 2.39. The minimum Gasteiger partial charge on any atom is -0.494 e. The lowest BCUT2D eigenvalue weighted by Crippen LogP contribution is -2.46. The molecule has 1 aliphatic heterocycles. The van der Waals surface area contributed by atoms with Crippen molar-refractivity contribution in [2.24, 2.45) is 0 Å². The molecule has 8 heteroatoms. The van der Waals surface area contributed by atoms with E-state index in [9.17, 15) is 4.79 Å². The number of nitrogens with zero attached hydrogens (tertiary/aromatic N) is 2. The number of anilines is 1. The van der Waals surface area contributed by atoms with Crippen LogP contribution in [0, 0.1) is 13.8 Å². The van der Waals surface area contributed by atoms with Crippen LogP contribution in [0.2, 0.25) is 0 Å². The first-order chi connectivity index (χ1) is 19.4. The molecule has 0 bridgehead atoms. The Morgan fingerprint density at radius 1 is 0.875 bits per heavy atom. The zero-order chi connectivity index (χ0) is 28.5. The number of carbonyl (C=O) groups is 1. The average molecular weight is 548 g/mol. The third-order valence-electron chi connectivity index (χ3n) is 7.42. The van der Waals surface area contributed by atoms with Crippen LogP contribution in [0.1, 0.15) is 33.5 Å². The molecule has 4 rings (SSSR count). The van der Waals surface area contributed by atoms with Gasteiger partial charge in [0.15, 0.2) is 11.5 Å². The van der Waals surface area contributed by atoms with Gasteiger partial charge in [0, 0.05) is 45.0 Å². The maximum absolute atomic E-state index is 12.8. The van der Waals surface area contributed by atoms with Gasteiger partial charge in [0.05, 0.1) is 33.5 Å². The van der Waals surface area contributed by atoms with Crippen LogP contribution in [0.25, 0.3) is 0 Å². The molecule has 0 unspecified atom stereocenters. The highest BCUT2D eigenvalue weighted by molar-refractivity contribution is 5.98. The van der Waals surface area contributed by atoms with Crippen LogP contribution in [0.15, 0.2) is 54.6 Å². The monoisotopic (exact) mass is 547 g/mol. The van der Waals surface area contributed by atoms with Crippen LogP contribution in [0.4, 0.5) is 5.69 Å². The van der Waals surface area contributed by atoms with Gasteiger partial charge in [-0.1, -0.05) is 24.3 Å². The summed E-state index contributed by atoms with van der Waals surface area (Å²) in [5.74, 6) is 1.85. The fourth-order valence-corrected chi connectivity index (χ4v) is 5.06. The summed E-state index contributed by atoms with van der Waals surface area (Å²) < 4.78 is 22.1. The van der Waals surface area contributed by atoms with Gasteiger partial charge < -0.3 is 29.2 Å². The lowest BCUT2D eigenvalue weighted by atomic mass is 10.1. The Labute approximate surface area is 237 Å². The van der Waals surface area contributed by atoms with Crippen molar-refractivity contribution < 1.29 is 23.7 Å². The Balaban J connectivity index is 1.21. The van der Waals surface area contributed by atoms with Gasteiger partial charge in [0.2, 0.25) is 5.75 Å². The van der Waals surface area contributed by atoms with E-state index in [2.05, 4.69) is 59.3 Å². The van der Waals surface area contributed by atoms with Crippen molar-refractivity contribution in [2.75, 3.05) is 65.6 Å². The van der Waals surface area contributed by atoms with Crippen LogP contribution < -0.4 is 29.2 Å². The molecule has 1 aliphatic rings. The Kier molecular flexibility index (Phi) is 10.1. The molecule has 3 aromatic carbocycles. The Morgan fingerprint density at radius 2 is 1.62 bits per heavy atom. The Hall–Kier alpha value is -3.91. The smallest absolute Gasteiger partial charge is 0.255 e.